The summed E-state index contributed by atoms with van der Waals surface area (Å²) >= 11 is 1.39. The number of carbonyl (C=O) groups is 1. The molecule has 4 N–H and O–H groups in total. The number of amides is 1. The van der Waals surface area contributed by atoms with Gasteiger partial charge in [0.15, 0.2) is 0 Å². The normalized spacial score (nSPS) is 15.1. The van der Waals surface area contributed by atoms with Crippen LogP contribution in [0, 0.1) is 5.82 Å². The molecular weight excluding hydrogens is 489 g/mol. The van der Waals surface area contributed by atoms with E-state index in [0.717, 1.165) is 30.8 Å². The van der Waals surface area contributed by atoms with E-state index in [1.807, 2.05) is 23.8 Å². The number of nitrogens with one attached hydrogen (secondary N) is 2. The van der Waals surface area contributed by atoms with Crippen molar-refractivity contribution in [1.82, 2.24) is 25.2 Å². The topological polar surface area (TPSA) is 110 Å². The van der Waals surface area contributed by atoms with Crippen molar-refractivity contribution in [3.8, 4) is 0 Å². The highest BCUT2D eigenvalue weighted by Gasteiger charge is 2.21. The van der Waals surface area contributed by atoms with Gasteiger partial charge in [-0.3, -0.25) is 14.8 Å². The van der Waals surface area contributed by atoms with Crippen molar-refractivity contribution < 1.29 is 9.18 Å². The molecule has 202 valence electrons. The molecule has 1 atom stereocenters. The fraction of sp³-hybridized carbons (Fsp3) is 0.407. The Morgan fingerprint density at radius 3 is 2.70 bits per heavy atom. The lowest BCUT2D eigenvalue weighted by Crippen LogP contribution is -2.41. The predicted molar refractivity (Wildman–Crippen MR) is 155 cm³/mol. The molecule has 1 saturated heterocycles. The van der Waals surface area contributed by atoms with E-state index in [2.05, 4.69) is 52.7 Å². The van der Waals surface area contributed by atoms with Crippen LogP contribution in [0.4, 0.5) is 4.39 Å². The number of halogens is 1. The molecule has 10 heteroatoms. The Morgan fingerprint density at radius 2 is 2.16 bits per heavy atom. The molecule has 0 aromatic carbocycles. The lowest BCUT2D eigenvalue weighted by molar-refractivity contribution is -0.122. The number of aromatic nitrogens is 3. The predicted octanol–water partition coefficient (Wildman–Crippen LogP) is 4.71. The standard InChI is InChI=1S/C15H23N5O.C9H9FN2S.C3H8/c1-3-12-14(9-11(2)16)20(10-19-12)8-7-18-15(21)13-5-4-6-17-13;1-11-6-8(13-2)9-7(10)4-3-5-12-9;1-3-2/h3,9-10,13,17H,1,4-8,16H2,2H3,(H,18,21);3-6H,1H2,2H3;3H2,1-2H3/b11-9+;8-6-;. The Labute approximate surface area is 224 Å². The van der Waals surface area contributed by atoms with E-state index in [1.54, 1.807) is 24.7 Å². The third-order valence-electron chi connectivity index (χ3n) is 4.91. The van der Waals surface area contributed by atoms with Crippen LogP contribution < -0.4 is 16.4 Å². The zero-order chi connectivity index (χ0) is 27.6. The summed E-state index contributed by atoms with van der Waals surface area (Å²) in [6.07, 6.45) is 13.4. The Morgan fingerprint density at radius 1 is 1.43 bits per heavy atom. The Hall–Kier alpha value is -3.24. The molecule has 0 radical (unpaired) electrons. The van der Waals surface area contributed by atoms with E-state index in [-0.39, 0.29) is 17.8 Å². The minimum absolute atomic E-state index is 0.0397. The third kappa shape index (κ3) is 11.1. The van der Waals surface area contributed by atoms with E-state index < -0.39 is 0 Å². The van der Waals surface area contributed by atoms with Crippen LogP contribution in [0.5, 0.6) is 0 Å². The highest BCUT2D eigenvalue weighted by atomic mass is 32.2. The number of thioether (sulfide) groups is 1. The SMILES string of the molecule is C=Cc1ncn(CCNC(=O)C2CCCN2)c1/C=C(\C)N.C=N/C=C(\SC)c1ncccc1F.CCC. The van der Waals surface area contributed by atoms with E-state index in [0.29, 0.717) is 29.4 Å². The maximum Gasteiger partial charge on any atom is 0.237 e. The number of carbonyl (C=O) groups excluding carboxylic acids is 1. The van der Waals surface area contributed by atoms with Gasteiger partial charge in [0.1, 0.15) is 11.5 Å². The van der Waals surface area contributed by atoms with Crippen molar-refractivity contribution in [1.29, 1.82) is 0 Å². The Balaban J connectivity index is 0.000000365. The molecule has 2 aromatic heterocycles. The zero-order valence-corrected chi connectivity index (χ0v) is 23.2. The summed E-state index contributed by atoms with van der Waals surface area (Å²) in [4.78, 5) is 24.4. The van der Waals surface area contributed by atoms with Gasteiger partial charge in [-0.15, -0.1) is 11.8 Å². The number of pyridine rings is 1. The van der Waals surface area contributed by atoms with Gasteiger partial charge in [-0.1, -0.05) is 26.8 Å². The summed E-state index contributed by atoms with van der Waals surface area (Å²) in [5, 5.41) is 6.14. The quantitative estimate of drug-likeness (QED) is 0.406. The molecule has 0 bridgehead atoms. The first-order valence-corrected chi connectivity index (χ1v) is 13.5. The number of hydrogen-bond acceptors (Lipinski definition) is 7. The van der Waals surface area contributed by atoms with Crippen LogP contribution in [0.15, 0.2) is 48.1 Å². The minimum Gasteiger partial charge on any atom is -0.402 e. The van der Waals surface area contributed by atoms with Crippen molar-refractivity contribution >= 4 is 41.4 Å². The van der Waals surface area contributed by atoms with E-state index in [4.69, 9.17) is 5.73 Å². The van der Waals surface area contributed by atoms with Crippen molar-refractivity contribution in [3.05, 3.63) is 66.0 Å². The van der Waals surface area contributed by atoms with Gasteiger partial charge >= 0.3 is 0 Å². The molecule has 8 nitrogen and oxygen atoms in total. The van der Waals surface area contributed by atoms with Gasteiger partial charge in [0.05, 0.1) is 28.7 Å². The Kier molecular flexibility index (Phi) is 15.5. The molecule has 37 heavy (non-hydrogen) atoms. The number of rotatable bonds is 9. The molecule has 2 aromatic rings. The van der Waals surface area contributed by atoms with Gasteiger partial charge in [-0.25, -0.2) is 9.37 Å². The number of allylic oxidation sites excluding steroid dienone is 1. The van der Waals surface area contributed by atoms with E-state index in [1.165, 1.54) is 30.4 Å². The van der Waals surface area contributed by atoms with Crippen LogP contribution >= 0.6 is 11.8 Å². The van der Waals surface area contributed by atoms with Gasteiger partial charge in [-0.2, -0.15) is 0 Å². The Bertz CT molecular complexity index is 1050. The molecule has 3 rings (SSSR count). The van der Waals surface area contributed by atoms with E-state index in [9.17, 15) is 9.18 Å². The van der Waals surface area contributed by atoms with Crippen LogP contribution in [0.25, 0.3) is 17.1 Å². The second-order valence-electron chi connectivity index (χ2n) is 8.16. The third-order valence-corrected chi connectivity index (χ3v) is 5.65. The highest BCUT2D eigenvalue weighted by molar-refractivity contribution is 8.07. The summed E-state index contributed by atoms with van der Waals surface area (Å²) in [6, 6.07) is 2.88. The highest BCUT2D eigenvalue weighted by Crippen LogP contribution is 2.25. The average molecular weight is 530 g/mol. The smallest absolute Gasteiger partial charge is 0.237 e. The molecule has 1 aliphatic rings. The molecule has 1 unspecified atom stereocenters. The molecular formula is C27H40FN7OS. The largest absolute Gasteiger partial charge is 0.402 e. The maximum absolute atomic E-state index is 13.2. The van der Waals surface area contributed by atoms with Crippen LogP contribution in [-0.4, -0.2) is 52.5 Å². The molecule has 1 aliphatic heterocycles. The lowest BCUT2D eigenvalue weighted by atomic mass is 10.2. The number of imidazole rings is 1. The zero-order valence-electron chi connectivity index (χ0n) is 22.3. The van der Waals surface area contributed by atoms with Crippen LogP contribution in [-0.2, 0) is 11.3 Å². The second kappa shape index (κ2) is 18.1. The number of nitrogens with zero attached hydrogens (tertiary/aromatic N) is 4. The number of hydrogen-bond donors (Lipinski definition) is 3. The molecule has 1 fully saturated rings. The molecule has 1 amide bonds. The summed E-state index contributed by atoms with van der Waals surface area (Å²) in [6.45, 7) is 15.3. The number of aliphatic imine (C=N–C) groups is 1. The van der Waals surface area contributed by atoms with Crippen molar-refractivity contribution in [2.45, 2.75) is 52.6 Å². The second-order valence-corrected chi connectivity index (χ2v) is 9.01. The first-order valence-electron chi connectivity index (χ1n) is 12.3. The van der Waals surface area contributed by atoms with Gasteiger partial charge < -0.3 is 20.9 Å². The molecule has 0 spiro atoms. The van der Waals surface area contributed by atoms with Crippen LogP contribution in [0.1, 0.15) is 57.1 Å². The van der Waals surface area contributed by atoms with Gasteiger partial charge in [0, 0.05) is 31.2 Å². The van der Waals surface area contributed by atoms with Crippen molar-refractivity contribution in [2.75, 3.05) is 19.3 Å². The average Bonchev–Trinajstić information content (AvgIpc) is 3.54. The maximum atomic E-state index is 13.2. The summed E-state index contributed by atoms with van der Waals surface area (Å²) < 4.78 is 15.1. The first-order chi connectivity index (χ1) is 17.8. The first kappa shape index (κ1) is 31.8. The van der Waals surface area contributed by atoms with Crippen LogP contribution in [0.2, 0.25) is 0 Å². The minimum atomic E-state index is -0.341. The number of nitrogens with two attached hydrogens (primary N) is 1. The van der Waals surface area contributed by atoms with E-state index >= 15 is 0 Å². The van der Waals surface area contributed by atoms with Gasteiger partial charge in [-0.05, 0) is 63.6 Å². The summed E-state index contributed by atoms with van der Waals surface area (Å²) in [5.41, 5.74) is 8.48. The van der Waals surface area contributed by atoms with Crippen molar-refractivity contribution in [3.63, 3.8) is 0 Å². The van der Waals surface area contributed by atoms with Crippen LogP contribution in [0.3, 0.4) is 0 Å². The lowest BCUT2D eigenvalue weighted by Gasteiger charge is -2.12. The molecule has 3 heterocycles. The molecule has 0 aliphatic carbocycles. The van der Waals surface area contributed by atoms with Crippen molar-refractivity contribution in [2.24, 2.45) is 10.7 Å². The monoisotopic (exact) mass is 529 g/mol. The fourth-order valence-corrected chi connectivity index (χ4v) is 3.83. The summed E-state index contributed by atoms with van der Waals surface area (Å²) in [7, 11) is 0. The van der Waals surface area contributed by atoms with Gasteiger partial charge in [0.25, 0.3) is 0 Å². The van der Waals surface area contributed by atoms with Gasteiger partial charge in [0.2, 0.25) is 5.91 Å². The molecule has 0 saturated carbocycles. The summed E-state index contributed by atoms with van der Waals surface area (Å²) in [5.74, 6) is -0.268. The fourth-order valence-electron chi connectivity index (χ4n) is 3.31.